The molecular formula is C23H22N4O2. The lowest BCUT2D eigenvalue weighted by molar-refractivity contribution is -0.143. The van der Waals surface area contributed by atoms with E-state index in [1.165, 1.54) is 5.56 Å². The maximum absolute atomic E-state index is 11.9. The van der Waals surface area contributed by atoms with Gasteiger partial charge in [0.25, 0.3) is 0 Å². The Balaban J connectivity index is 1.66. The number of rotatable bonds is 6. The van der Waals surface area contributed by atoms with Gasteiger partial charge >= 0.3 is 5.97 Å². The van der Waals surface area contributed by atoms with Crippen LogP contribution in [0.3, 0.4) is 0 Å². The second-order valence-corrected chi connectivity index (χ2v) is 6.75. The Hall–Kier alpha value is -3.67. The van der Waals surface area contributed by atoms with Crippen molar-refractivity contribution in [3.8, 4) is 11.3 Å². The van der Waals surface area contributed by atoms with Gasteiger partial charge in [-0.2, -0.15) is 0 Å². The van der Waals surface area contributed by atoms with E-state index in [2.05, 4.69) is 10.3 Å². The highest BCUT2D eigenvalue weighted by Crippen LogP contribution is 2.29. The van der Waals surface area contributed by atoms with Crippen molar-refractivity contribution in [1.29, 1.82) is 0 Å². The molecule has 0 radical (unpaired) electrons. The zero-order valence-corrected chi connectivity index (χ0v) is 16.4. The van der Waals surface area contributed by atoms with E-state index in [-0.39, 0.29) is 12.5 Å². The molecular weight excluding hydrogens is 364 g/mol. The minimum atomic E-state index is -0.248. The molecule has 0 saturated heterocycles. The normalized spacial score (nSPS) is 10.8. The van der Waals surface area contributed by atoms with Gasteiger partial charge < -0.3 is 14.6 Å². The van der Waals surface area contributed by atoms with E-state index in [4.69, 9.17) is 9.72 Å². The maximum atomic E-state index is 11.9. The highest BCUT2D eigenvalue weighted by molar-refractivity contribution is 5.95. The number of hydrogen-bond donors (Lipinski definition) is 1. The fraction of sp³-hybridized carbons (Fsp3) is 0.174. The monoisotopic (exact) mass is 386 g/mol. The average Bonchev–Trinajstić information content (AvgIpc) is 3.11. The predicted molar refractivity (Wildman–Crippen MR) is 114 cm³/mol. The quantitative estimate of drug-likeness (QED) is 0.486. The summed E-state index contributed by atoms with van der Waals surface area (Å²) in [5.74, 6) is 0.290. The highest BCUT2D eigenvalue weighted by atomic mass is 16.5. The molecule has 0 aliphatic carbocycles. The Morgan fingerprint density at radius 2 is 2.00 bits per heavy atom. The molecule has 4 aromatic rings. The first-order chi connectivity index (χ1) is 14.1. The van der Waals surface area contributed by atoms with Gasteiger partial charge in [-0.25, -0.2) is 9.97 Å². The predicted octanol–water partition coefficient (Wildman–Crippen LogP) is 4.71. The molecule has 2 heterocycles. The molecule has 2 aromatic heterocycles. The number of carbonyl (C=O) groups excluding carboxylic acids is 1. The molecule has 0 atom stereocenters. The SMILES string of the molecule is CCOC(=O)Cn1ccc2c(-c3ccnc(Nc4cccc(C)c4)n3)cccc21. The molecule has 0 spiro atoms. The van der Waals surface area contributed by atoms with E-state index in [1.807, 2.05) is 72.3 Å². The molecule has 1 N–H and O–H groups in total. The van der Waals surface area contributed by atoms with Gasteiger partial charge in [0.15, 0.2) is 0 Å². The number of aromatic nitrogens is 3. The number of carbonyl (C=O) groups is 1. The fourth-order valence-corrected chi connectivity index (χ4v) is 3.35. The van der Waals surface area contributed by atoms with Gasteiger partial charge in [0.1, 0.15) is 6.54 Å². The van der Waals surface area contributed by atoms with E-state index < -0.39 is 0 Å². The zero-order valence-electron chi connectivity index (χ0n) is 16.4. The average molecular weight is 386 g/mol. The van der Waals surface area contributed by atoms with Gasteiger partial charge in [0.2, 0.25) is 5.95 Å². The molecule has 0 aliphatic heterocycles. The Morgan fingerprint density at radius 1 is 1.14 bits per heavy atom. The van der Waals surface area contributed by atoms with Gasteiger partial charge in [-0.3, -0.25) is 4.79 Å². The number of anilines is 2. The van der Waals surface area contributed by atoms with E-state index in [1.54, 1.807) is 13.1 Å². The topological polar surface area (TPSA) is 69.0 Å². The minimum Gasteiger partial charge on any atom is -0.465 e. The fourth-order valence-electron chi connectivity index (χ4n) is 3.35. The second-order valence-electron chi connectivity index (χ2n) is 6.75. The first kappa shape index (κ1) is 18.7. The summed E-state index contributed by atoms with van der Waals surface area (Å²) in [5, 5.41) is 4.28. The van der Waals surface area contributed by atoms with Crippen molar-refractivity contribution in [3.05, 3.63) is 72.6 Å². The van der Waals surface area contributed by atoms with Crippen LogP contribution in [0.2, 0.25) is 0 Å². The molecule has 2 aromatic carbocycles. The number of fused-ring (bicyclic) bond motifs is 1. The van der Waals surface area contributed by atoms with E-state index in [0.29, 0.717) is 12.6 Å². The summed E-state index contributed by atoms with van der Waals surface area (Å²) in [4.78, 5) is 20.9. The third kappa shape index (κ3) is 4.11. The van der Waals surface area contributed by atoms with Crippen molar-refractivity contribution >= 4 is 28.5 Å². The molecule has 0 unspecified atom stereocenters. The van der Waals surface area contributed by atoms with Crippen molar-refractivity contribution in [3.63, 3.8) is 0 Å². The summed E-state index contributed by atoms with van der Waals surface area (Å²) in [6.45, 7) is 4.41. The maximum Gasteiger partial charge on any atom is 0.325 e. The highest BCUT2D eigenvalue weighted by Gasteiger charge is 2.12. The standard InChI is InChI=1S/C23H22N4O2/c1-3-29-22(28)15-27-13-11-19-18(8-5-9-21(19)27)20-10-12-24-23(26-20)25-17-7-4-6-16(2)14-17/h4-14H,3,15H2,1-2H3,(H,24,25,26). The first-order valence-corrected chi connectivity index (χ1v) is 9.54. The Kier molecular flexibility index (Phi) is 5.24. The number of hydrogen-bond acceptors (Lipinski definition) is 5. The molecule has 4 rings (SSSR count). The van der Waals surface area contributed by atoms with Crippen LogP contribution in [0.15, 0.2) is 67.0 Å². The molecule has 0 bridgehead atoms. The number of nitrogens with zero attached hydrogens (tertiary/aromatic N) is 3. The summed E-state index contributed by atoms with van der Waals surface area (Å²) in [5.41, 5.74) is 4.87. The lowest BCUT2D eigenvalue weighted by Crippen LogP contribution is -2.12. The second kappa shape index (κ2) is 8.14. The summed E-state index contributed by atoms with van der Waals surface area (Å²) >= 11 is 0. The molecule has 146 valence electrons. The smallest absolute Gasteiger partial charge is 0.325 e. The lowest BCUT2D eigenvalue weighted by atomic mass is 10.1. The van der Waals surface area contributed by atoms with Crippen LogP contribution in [0.1, 0.15) is 12.5 Å². The molecule has 6 heteroatoms. The number of esters is 1. The number of aryl methyl sites for hydroxylation is 1. The minimum absolute atomic E-state index is 0.185. The summed E-state index contributed by atoms with van der Waals surface area (Å²) < 4.78 is 6.96. The largest absolute Gasteiger partial charge is 0.465 e. The summed E-state index contributed by atoms with van der Waals surface area (Å²) in [6.07, 6.45) is 3.65. The molecule has 0 fully saturated rings. The summed E-state index contributed by atoms with van der Waals surface area (Å²) in [7, 11) is 0. The van der Waals surface area contributed by atoms with Crippen LogP contribution < -0.4 is 5.32 Å². The molecule has 29 heavy (non-hydrogen) atoms. The molecule has 6 nitrogen and oxygen atoms in total. The van der Waals surface area contributed by atoms with Gasteiger partial charge in [-0.15, -0.1) is 0 Å². The number of nitrogens with one attached hydrogen (secondary N) is 1. The van der Waals surface area contributed by atoms with Crippen molar-refractivity contribution in [2.75, 3.05) is 11.9 Å². The van der Waals surface area contributed by atoms with Crippen molar-refractivity contribution in [2.45, 2.75) is 20.4 Å². The van der Waals surface area contributed by atoms with Gasteiger partial charge in [-0.05, 0) is 49.7 Å². The van der Waals surface area contributed by atoms with Crippen molar-refractivity contribution < 1.29 is 9.53 Å². The van der Waals surface area contributed by atoms with E-state index >= 15 is 0 Å². The van der Waals surface area contributed by atoms with Crippen LogP contribution in [-0.2, 0) is 16.1 Å². The molecule has 0 saturated carbocycles. The van der Waals surface area contributed by atoms with Crippen LogP contribution in [0.5, 0.6) is 0 Å². The Bertz CT molecular complexity index is 1170. The molecule has 0 aliphatic rings. The van der Waals surface area contributed by atoms with Crippen LogP contribution in [0, 0.1) is 6.92 Å². The number of benzene rings is 2. The van der Waals surface area contributed by atoms with E-state index in [0.717, 1.165) is 27.8 Å². The van der Waals surface area contributed by atoms with Crippen LogP contribution in [0.25, 0.3) is 22.2 Å². The third-order valence-corrected chi connectivity index (χ3v) is 4.62. The number of ether oxygens (including phenoxy) is 1. The zero-order chi connectivity index (χ0) is 20.2. The van der Waals surface area contributed by atoms with Crippen LogP contribution in [0.4, 0.5) is 11.6 Å². The van der Waals surface area contributed by atoms with Crippen molar-refractivity contribution in [2.24, 2.45) is 0 Å². The van der Waals surface area contributed by atoms with Gasteiger partial charge in [-0.1, -0.05) is 24.3 Å². The Morgan fingerprint density at radius 3 is 2.83 bits per heavy atom. The lowest BCUT2D eigenvalue weighted by Gasteiger charge is -2.09. The van der Waals surface area contributed by atoms with Crippen LogP contribution >= 0.6 is 0 Å². The summed E-state index contributed by atoms with van der Waals surface area (Å²) in [6, 6.07) is 17.9. The van der Waals surface area contributed by atoms with Gasteiger partial charge in [0.05, 0.1) is 12.3 Å². The molecule has 0 amide bonds. The first-order valence-electron chi connectivity index (χ1n) is 9.54. The van der Waals surface area contributed by atoms with Gasteiger partial charge in [0, 0.05) is 34.5 Å². The van der Waals surface area contributed by atoms with Crippen molar-refractivity contribution in [1.82, 2.24) is 14.5 Å². The van der Waals surface area contributed by atoms with Crippen LogP contribution in [-0.4, -0.2) is 27.1 Å². The Labute approximate surface area is 169 Å². The van der Waals surface area contributed by atoms with E-state index in [9.17, 15) is 4.79 Å². The third-order valence-electron chi connectivity index (χ3n) is 4.62.